The van der Waals surface area contributed by atoms with Gasteiger partial charge in [0.25, 0.3) is 0 Å². The maximum absolute atomic E-state index is 11.3. The van der Waals surface area contributed by atoms with Gasteiger partial charge in [0.05, 0.1) is 6.33 Å². The summed E-state index contributed by atoms with van der Waals surface area (Å²) in [6, 6.07) is 0. The second-order valence-corrected chi connectivity index (χ2v) is 3.32. The molecular weight excluding hydrogens is 194 g/mol. The van der Waals surface area contributed by atoms with Crippen LogP contribution in [0, 0.1) is 0 Å². The minimum absolute atomic E-state index is 0.0665. The van der Waals surface area contributed by atoms with Crippen molar-refractivity contribution in [3.63, 3.8) is 0 Å². The molecule has 0 saturated carbocycles. The Morgan fingerprint density at radius 2 is 2.47 bits per heavy atom. The van der Waals surface area contributed by atoms with Crippen molar-refractivity contribution in [1.29, 1.82) is 0 Å². The number of imidazole rings is 1. The first-order valence-corrected chi connectivity index (χ1v) is 5.00. The lowest BCUT2D eigenvalue weighted by Crippen LogP contribution is -2.34. The van der Waals surface area contributed by atoms with E-state index in [1.54, 1.807) is 19.4 Å². The second-order valence-electron chi connectivity index (χ2n) is 3.32. The summed E-state index contributed by atoms with van der Waals surface area (Å²) in [5.41, 5.74) is 0. The van der Waals surface area contributed by atoms with Crippen LogP contribution in [0.25, 0.3) is 0 Å². The number of hydrogen-bond donors (Lipinski definition) is 1. The summed E-state index contributed by atoms with van der Waals surface area (Å²) in [5, 5.41) is 2.80. The largest absolute Gasteiger partial charge is 0.372 e. The molecule has 1 aromatic heterocycles. The minimum atomic E-state index is -0.377. The van der Waals surface area contributed by atoms with Gasteiger partial charge in [-0.25, -0.2) is 4.98 Å². The van der Waals surface area contributed by atoms with E-state index >= 15 is 0 Å². The van der Waals surface area contributed by atoms with Crippen molar-refractivity contribution in [1.82, 2.24) is 14.9 Å². The Hall–Kier alpha value is -1.36. The number of nitrogens with one attached hydrogen (secondary N) is 1. The van der Waals surface area contributed by atoms with Crippen molar-refractivity contribution in [3.8, 4) is 0 Å². The molecule has 0 aliphatic rings. The van der Waals surface area contributed by atoms with Gasteiger partial charge in [-0.1, -0.05) is 0 Å². The third-order valence-electron chi connectivity index (χ3n) is 2.17. The van der Waals surface area contributed by atoms with E-state index in [1.165, 1.54) is 7.11 Å². The maximum atomic E-state index is 11.3. The zero-order valence-corrected chi connectivity index (χ0v) is 9.14. The number of ether oxygens (including phenoxy) is 1. The van der Waals surface area contributed by atoms with E-state index in [1.807, 2.05) is 10.8 Å². The Bertz CT molecular complexity index is 285. The quantitative estimate of drug-likeness (QED) is 0.694. The Balaban J connectivity index is 2.09. The summed E-state index contributed by atoms with van der Waals surface area (Å²) >= 11 is 0. The molecule has 1 rings (SSSR count). The zero-order valence-electron chi connectivity index (χ0n) is 9.14. The second kappa shape index (κ2) is 6.19. The maximum Gasteiger partial charge on any atom is 0.248 e. The number of aromatic nitrogens is 2. The van der Waals surface area contributed by atoms with Gasteiger partial charge < -0.3 is 14.6 Å². The summed E-state index contributed by atoms with van der Waals surface area (Å²) in [5.74, 6) is -0.0665. The Morgan fingerprint density at radius 1 is 1.67 bits per heavy atom. The smallest absolute Gasteiger partial charge is 0.248 e. The fourth-order valence-electron chi connectivity index (χ4n) is 1.14. The number of aryl methyl sites for hydroxylation is 1. The number of rotatable bonds is 6. The molecule has 1 aromatic rings. The number of amides is 1. The lowest BCUT2D eigenvalue weighted by Gasteiger charge is -2.10. The van der Waals surface area contributed by atoms with Gasteiger partial charge in [0.2, 0.25) is 5.91 Å². The predicted molar refractivity (Wildman–Crippen MR) is 56.3 cm³/mol. The Labute approximate surface area is 89.4 Å². The third kappa shape index (κ3) is 4.12. The predicted octanol–water partition coefficient (Wildman–Crippen LogP) is 0.424. The number of methoxy groups -OCH3 is 1. The summed E-state index contributed by atoms with van der Waals surface area (Å²) < 4.78 is 6.87. The standard InChI is InChI=1S/C10H17N3O2/c1-9(15-2)10(14)12-4-3-6-13-7-5-11-8-13/h5,7-9H,3-4,6H2,1-2H3,(H,12,14). The summed E-state index contributed by atoms with van der Waals surface area (Å²) in [7, 11) is 1.52. The van der Waals surface area contributed by atoms with E-state index in [2.05, 4.69) is 10.3 Å². The normalized spacial score (nSPS) is 12.4. The van der Waals surface area contributed by atoms with Crippen LogP contribution in [-0.2, 0) is 16.1 Å². The van der Waals surface area contributed by atoms with Crippen molar-refractivity contribution < 1.29 is 9.53 Å². The van der Waals surface area contributed by atoms with Crippen molar-refractivity contribution in [2.24, 2.45) is 0 Å². The molecular formula is C10H17N3O2. The summed E-state index contributed by atoms with van der Waals surface area (Å²) in [6.45, 7) is 3.25. The molecule has 1 amide bonds. The average Bonchev–Trinajstić information content (AvgIpc) is 2.75. The highest BCUT2D eigenvalue weighted by Crippen LogP contribution is 1.91. The van der Waals surface area contributed by atoms with Gasteiger partial charge in [0.1, 0.15) is 6.10 Å². The number of carbonyl (C=O) groups is 1. The molecule has 5 heteroatoms. The molecule has 0 aliphatic heterocycles. The molecule has 0 spiro atoms. The molecule has 0 saturated heterocycles. The Morgan fingerprint density at radius 3 is 3.07 bits per heavy atom. The van der Waals surface area contributed by atoms with Gasteiger partial charge >= 0.3 is 0 Å². The summed E-state index contributed by atoms with van der Waals surface area (Å²) in [4.78, 5) is 15.2. The number of carbonyl (C=O) groups excluding carboxylic acids is 1. The fraction of sp³-hybridized carbons (Fsp3) is 0.600. The van der Waals surface area contributed by atoms with E-state index in [0.29, 0.717) is 6.54 Å². The van der Waals surface area contributed by atoms with Crippen molar-refractivity contribution in [2.45, 2.75) is 26.0 Å². The summed E-state index contributed by atoms with van der Waals surface area (Å²) in [6.07, 6.45) is 5.92. The third-order valence-corrected chi connectivity index (χ3v) is 2.17. The lowest BCUT2D eigenvalue weighted by atomic mass is 10.3. The van der Waals surface area contributed by atoms with Gasteiger partial charge in [-0.2, -0.15) is 0 Å². The SMILES string of the molecule is COC(C)C(=O)NCCCn1ccnc1. The zero-order chi connectivity index (χ0) is 11.1. The van der Waals surface area contributed by atoms with Gasteiger partial charge in [-0.3, -0.25) is 4.79 Å². The fourth-order valence-corrected chi connectivity index (χ4v) is 1.14. The van der Waals surface area contributed by atoms with Crippen LogP contribution in [0.5, 0.6) is 0 Å². The monoisotopic (exact) mass is 211 g/mol. The molecule has 0 aromatic carbocycles. The number of hydrogen-bond acceptors (Lipinski definition) is 3. The van der Waals surface area contributed by atoms with Crippen molar-refractivity contribution >= 4 is 5.91 Å². The van der Waals surface area contributed by atoms with E-state index in [4.69, 9.17) is 4.74 Å². The van der Waals surface area contributed by atoms with Crippen LogP contribution in [-0.4, -0.2) is 35.2 Å². The highest BCUT2D eigenvalue weighted by molar-refractivity contribution is 5.80. The van der Waals surface area contributed by atoms with Crippen LogP contribution in [0.15, 0.2) is 18.7 Å². The molecule has 84 valence electrons. The molecule has 0 fully saturated rings. The molecule has 1 unspecified atom stereocenters. The first-order valence-electron chi connectivity index (χ1n) is 5.00. The van der Waals surface area contributed by atoms with Crippen molar-refractivity contribution in [2.75, 3.05) is 13.7 Å². The molecule has 0 bridgehead atoms. The number of nitrogens with zero attached hydrogens (tertiary/aromatic N) is 2. The van der Waals surface area contributed by atoms with E-state index < -0.39 is 0 Å². The van der Waals surface area contributed by atoms with Crippen molar-refractivity contribution in [3.05, 3.63) is 18.7 Å². The van der Waals surface area contributed by atoms with Gasteiger partial charge in [-0.15, -0.1) is 0 Å². The molecule has 1 N–H and O–H groups in total. The van der Waals surface area contributed by atoms with Gasteiger partial charge in [0.15, 0.2) is 0 Å². The molecule has 0 aliphatic carbocycles. The van der Waals surface area contributed by atoms with Crippen LogP contribution >= 0.6 is 0 Å². The topological polar surface area (TPSA) is 56.1 Å². The van der Waals surface area contributed by atoms with Gasteiger partial charge in [0, 0.05) is 32.6 Å². The lowest BCUT2D eigenvalue weighted by molar-refractivity contribution is -0.130. The van der Waals surface area contributed by atoms with Crippen LogP contribution in [0.4, 0.5) is 0 Å². The average molecular weight is 211 g/mol. The Kier molecular flexibility index (Phi) is 4.83. The molecule has 1 heterocycles. The van der Waals surface area contributed by atoms with Gasteiger partial charge in [-0.05, 0) is 13.3 Å². The van der Waals surface area contributed by atoms with Crippen LogP contribution in [0.3, 0.4) is 0 Å². The minimum Gasteiger partial charge on any atom is -0.372 e. The van der Waals surface area contributed by atoms with E-state index in [-0.39, 0.29) is 12.0 Å². The van der Waals surface area contributed by atoms with E-state index in [9.17, 15) is 4.79 Å². The molecule has 15 heavy (non-hydrogen) atoms. The first kappa shape index (κ1) is 11.7. The molecule has 5 nitrogen and oxygen atoms in total. The van der Waals surface area contributed by atoms with Crippen LogP contribution in [0.1, 0.15) is 13.3 Å². The van der Waals surface area contributed by atoms with E-state index in [0.717, 1.165) is 13.0 Å². The van der Waals surface area contributed by atoms with Crippen LogP contribution < -0.4 is 5.32 Å². The highest BCUT2D eigenvalue weighted by atomic mass is 16.5. The van der Waals surface area contributed by atoms with Crippen LogP contribution in [0.2, 0.25) is 0 Å². The first-order chi connectivity index (χ1) is 7.24. The molecule has 1 atom stereocenters. The highest BCUT2D eigenvalue weighted by Gasteiger charge is 2.09. The molecule has 0 radical (unpaired) electrons.